The molecule has 1 fully saturated rings. The molecule has 0 unspecified atom stereocenters. The summed E-state index contributed by atoms with van der Waals surface area (Å²) in [4.78, 5) is 40.4. The molecule has 0 aromatic heterocycles. The van der Waals surface area contributed by atoms with Crippen molar-refractivity contribution in [3.05, 3.63) is 35.5 Å². The van der Waals surface area contributed by atoms with E-state index in [1.54, 1.807) is 13.0 Å². The van der Waals surface area contributed by atoms with E-state index in [9.17, 15) is 14.4 Å². The highest BCUT2D eigenvalue weighted by atomic mass is 17.1. The maximum Gasteiger partial charge on any atom is 0.334 e. The molecular weight excluding hydrogens is 392 g/mol. The van der Waals surface area contributed by atoms with Gasteiger partial charge in [-0.25, -0.2) is 9.68 Å². The zero-order valence-electron chi connectivity index (χ0n) is 17.7. The van der Waals surface area contributed by atoms with E-state index < -0.39 is 30.1 Å². The molecule has 4 atom stereocenters. The summed E-state index contributed by atoms with van der Waals surface area (Å²) in [5.74, 6) is -2.25. The van der Waals surface area contributed by atoms with Gasteiger partial charge < -0.3 is 14.2 Å². The third kappa shape index (κ3) is 6.27. The first kappa shape index (κ1) is 23.8. The largest absolute Gasteiger partial charge is 0.461 e. The molecule has 0 amide bonds. The number of allylic oxidation sites excluding steroid dienone is 1. The fourth-order valence-corrected chi connectivity index (χ4v) is 3.49. The molecule has 0 bridgehead atoms. The summed E-state index contributed by atoms with van der Waals surface area (Å²) in [6, 6.07) is 0. The number of esters is 3. The van der Waals surface area contributed by atoms with E-state index in [2.05, 4.69) is 11.5 Å². The molecule has 2 aliphatic rings. The highest BCUT2D eigenvalue weighted by Crippen LogP contribution is 2.36. The predicted molar refractivity (Wildman–Crippen MR) is 107 cm³/mol. The van der Waals surface area contributed by atoms with E-state index >= 15 is 0 Å². The summed E-state index contributed by atoms with van der Waals surface area (Å²) in [6.07, 6.45) is 4.26. The van der Waals surface area contributed by atoms with Crippen LogP contribution in [0.2, 0.25) is 0 Å². The minimum atomic E-state index is -0.720. The monoisotopic (exact) mass is 422 g/mol. The number of hydrogen-bond acceptors (Lipinski definition) is 8. The second kappa shape index (κ2) is 11.1. The summed E-state index contributed by atoms with van der Waals surface area (Å²) < 4.78 is 16.4. The van der Waals surface area contributed by atoms with E-state index in [1.165, 1.54) is 6.92 Å². The van der Waals surface area contributed by atoms with E-state index in [0.29, 0.717) is 19.3 Å². The van der Waals surface area contributed by atoms with Gasteiger partial charge >= 0.3 is 17.9 Å². The van der Waals surface area contributed by atoms with Crippen LogP contribution < -0.4 is 0 Å². The van der Waals surface area contributed by atoms with E-state index in [4.69, 9.17) is 19.5 Å². The Kier molecular flexibility index (Phi) is 8.80. The molecule has 1 heterocycles. The van der Waals surface area contributed by atoms with Crippen molar-refractivity contribution in [3.8, 4) is 0 Å². The molecule has 166 valence electrons. The minimum absolute atomic E-state index is 0.0440. The topological polar surface area (TPSA) is 108 Å². The fourth-order valence-electron chi connectivity index (χ4n) is 3.49. The molecular formula is C22H30O8. The molecule has 1 N–H and O–H groups in total. The van der Waals surface area contributed by atoms with Crippen LogP contribution in [0.15, 0.2) is 35.5 Å². The van der Waals surface area contributed by atoms with Gasteiger partial charge in [0.1, 0.15) is 25.4 Å². The molecule has 30 heavy (non-hydrogen) atoms. The molecule has 8 nitrogen and oxygen atoms in total. The molecule has 0 radical (unpaired) electrons. The summed E-state index contributed by atoms with van der Waals surface area (Å²) in [5.41, 5.74) is 1.71. The molecule has 1 saturated heterocycles. The Labute approximate surface area is 176 Å². The fraction of sp³-hybridized carbons (Fsp3) is 0.591. The highest BCUT2D eigenvalue weighted by molar-refractivity contribution is 5.91. The Bertz CT molecular complexity index is 735. The SMILES string of the molecule is C=C1C(=O)O[C@@H]2/C=C(\COO)CC/C=C(\COC(C)=O)C[C@H](OC(=O)[C@H](C)CC)[C@@H]12. The van der Waals surface area contributed by atoms with Crippen LogP contribution >= 0.6 is 0 Å². The second-order valence-corrected chi connectivity index (χ2v) is 7.69. The minimum Gasteiger partial charge on any atom is -0.461 e. The van der Waals surface area contributed by atoms with Gasteiger partial charge in [0.2, 0.25) is 0 Å². The third-order valence-electron chi connectivity index (χ3n) is 5.42. The van der Waals surface area contributed by atoms with Crippen molar-refractivity contribution in [2.45, 2.75) is 58.7 Å². The Balaban J connectivity index is 2.41. The number of rotatable bonds is 7. The normalized spacial score (nSPS) is 28.9. The number of hydrogen-bond donors (Lipinski definition) is 1. The van der Waals surface area contributed by atoms with Crippen LogP contribution in [0.3, 0.4) is 0 Å². The zero-order chi connectivity index (χ0) is 22.3. The van der Waals surface area contributed by atoms with Gasteiger partial charge in [0.25, 0.3) is 0 Å². The Morgan fingerprint density at radius 2 is 2.07 bits per heavy atom. The van der Waals surface area contributed by atoms with Crippen molar-refractivity contribution in [1.82, 2.24) is 0 Å². The number of carbonyl (C=O) groups excluding carboxylic acids is 3. The van der Waals surface area contributed by atoms with Gasteiger partial charge in [-0.15, -0.1) is 0 Å². The van der Waals surface area contributed by atoms with E-state index in [0.717, 1.165) is 11.1 Å². The molecule has 0 aromatic rings. The summed E-state index contributed by atoms with van der Waals surface area (Å²) in [7, 11) is 0. The maximum atomic E-state index is 12.6. The van der Waals surface area contributed by atoms with Gasteiger partial charge in [0.15, 0.2) is 0 Å². The maximum absolute atomic E-state index is 12.6. The average molecular weight is 422 g/mol. The van der Waals surface area contributed by atoms with Gasteiger partial charge in [-0.05, 0) is 36.5 Å². The van der Waals surface area contributed by atoms with Crippen molar-refractivity contribution in [2.24, 2.45) is 11.8 Å². The van der Waals surface area contributed by atoms with Crippen molar-refractivity contribution >= 4 is 17.9 Å². The first-order valence-corrected chi connectivity index (χ1v) is 10.1. The standard InChI is InChI=1S/C22H30O8/c1-5-13(2)21(24)29-18-9-16(11-27-15(4)23)7-6-8-17(12-28-26)10-19-20(18)14(3)22(25)30-19/h7,10,13,18-20,26H,3,5-6,8-9,11-12H2,1-2,4H3/b16-7-,17-10-/t13-,18+,19-,20-/m1/s1. The lowest BCUT2D eigenvalue weighted by Gasteiger charge is -2.29. The summed E-state index contributed by atoms with van der Waals surface area (Å²) in [6.45, 7) is 8.86. The number of carbonyl (C=O) groups is 3. The van der Waals surface area contributed by atoms with Crippen LogP contribution in [0.1, 0.15) is 46.5 Å². The van der Waals surface area contributed by atoms with Crippen LogP contribution in [-0.4, -0.2) is 48.6 Å². The van der Waals surface area contributed by atoms with E-state index in [-0.39, 0.29) is 37.1 Å². The lowest BCUT2D eigenvalue weighted by atomic mass is 9.85. The van der Waals surface area contributed by atoms with Crippen LogP contribution in [0.5, 0.6) is 0 Å². The first-order chi connectivity index (χ1) is 14.3. The molecule has 8 heteroatoms. The summed E-state index contributed by atoms with van der Waals surface area (Å²) in [5, 5.41) is 8.90. The van der Waals surface area contributed by atoms with Crippen molar-refractivity contribution in [2.75, 3.05) is 13.2 Å². The lowest BCUT2D eigenvalue weighted by Crippen LogP contribution is -2.35. The second-order valence-electron chi connectivity index (χ2n) is 7.69. The number of ether oxygens (including phenoxy) is 3. The number of fused-ring (bicyclic) bond motifs is 1. The Morgan fingerprint density at radius 3 is 2.70 bits per heavy atom. The van der Waals surface area contributed by atoms with Gasteiger partial charge in [-0.2, -0.15) is 0 Å². The smallest absolute Gasteiger partial charge is 0.334 e. The van der Waals surface area contributed by atoms with Crippen LogP contribution in [0.25, 0.3) is 0 Å². The Hall–Kier alpha value is -2.45. The van der Waals surface area contributed by atoms with Crippen LogP contribution in [-0.2, 0) is 33.5 Å². The quantitative estimate of drug-likeness (QED) is 0.166. The predicted octanol–water partition coefficient (Wildman–Crippen LogP) is 3.13. The van der Waals surface area contributed by atoms with Crippen LogP contribution in [0.4, 0.5) is 0 Å². The van der Waals surface area contributed by atoms with Gasteiger partial charge in [-0.1, -0.05) is 26.5 Å². The lowest BCUT2D eigenvalue weighted by molar-refractivity contribution is -0.234. The summed E-state index contributed by atoms with van der Waals surface area (Å²) >= 11 is 0. The van der Waals surface area contributed by atoms with Crippen molar-refractivity contribution < 1.29 is 38.7 Å². The van der Waals surface area contributed by atoms with Gasteiger partial charge in [0, 0.05) is 18.9 Å². The Morgan fingerprint density at radius 1 is 1.33 bits per heavy atom. The third-order valence-corrected chi connectivity index (χ3v) is 5.42. The van der Waals surface area contributed by atoms with Crippen molar-refractivity contribution in [1.29, 1.82) is 0 Å². The molecule has 1 aliphatic carbocycles. The van der Waals surface area contributed by atoms with Crippen LogP contribution in [0, 0.1) is 11.8 Å². The van der Waals surface area contributed by atoms with Gasteiger partial charge in [0.05, 0.1) is 11.8 Å². The zero-order valence-corrected chi connectivity index (χ0v) is 17.7. The molecule has 0 spiro atoms. The molecule has 1 aliphatic heterocycles. The first-order valence-electron chi connectivity index (χ1n) is 10.1. The average Bonchev–Trinajstić information content (AvgIpc) is 2.97. The highest BCUT2D eigenvalue weighted by Gasteiger charge is 2.45. The van der Waals surface area contributed by atoms with Crippen molar-refractivity contribution in [3.63, 3.8) is 0 Å². The van der Waals surface area contributed by atoms with Gasteiger partial charge in [-0.3, -0.25) is 14.8 Å². The molecule has 2 rings (SSSR count). The molecule has 0 saturated carbocycles. The molecule has 0 aromatic carbocycles. The van der Waals surface area contributed by atoms with E-state index in [1.807, 2.05) is 13.0 Å².